The Kier molecular flexibility index (Phi) is 7.85. The molecule has 0 heterocycles. The Morgan fingerprint density at radius 1 is 1.16 bits per heavy atom. The molecule has 0 bridgehead atoms. The fourth-order valence-corrected chi connectivity index (χ4v) is 2.72. The van der Waals surface area contributed by atoms with Crippen LogP contribution in [-0.4, -0.2) is 24.9 Å². The molecule has 0 amide bonds. The van der Waals surface area contributed by atoms with Gasteiger partial charge in [0, 0.05) is 18.2 Å². The van der Waals surface area contributed by atoms with Gasteiger partial charge in [-0.05, 0) is 30.2 Å². The summed E-state index contributed by atoms with van der Waals surface area (Å²) in [5.41, 5.74) is 1.88. The molecule has 2 aromatic rings. The Morgan fingerprint density at radius 3 is 2.60 bits per heavy atom. The number of benzene rings is 2. The van der Waals surface area contributed by atoms with Crippen molar-refractivity contribution in [1.29, 1.82) is 0 Å². The van der Waals surface area contributed by atoms with Crippen LogP contribution in [0.2, 0.25) is 10.0 Å². The van der Waals surface area contributed by atoms with E-state index in [2.05, 4.69) is 5.32 Å². The van der Waals surface area contributed by atoms with E-state index < -0.39 is 0 Å². The zero-order valence-corrected chi connectivity index (χ0v) is 15.9. The second kappa shape index (κ2) is 9.88. The normalized spacial score (nSPS) is 12.0. The summed E-state index contributed by atoms with van der Waals surface area (Å²) in [7, 11) is 1.61. The molecular formula is C19H23Cl2NO3. The second-order valence-corrected chi connectivity index (χ2v) is 6.47. The maximum atomic E-state index is 9.33. The first-order chi connectivity index (χ1) is 12.1. The van der Waals surface area contributed by atoms with Crippen LogP contribution in [0.15, 0.2) is 36.4 Å². The van der Waals surface area contributed by atoms with Gasteiger partial charge in [-0.2, -0.15) is 0 Å². The van der Waals surface area contributed by atoms with Crippen LogP contribution in [0.3, 0.4) is 0 Å². The predicted molar refractivity (Wildman–Crippen MR) is 102 cm³/mol. The molecule has 0 aromatic heterocycles. The fourth-order valence-electron chi connectivity index (χ4n) is 2.40. The minimum atomic E-state index is 0.0501. The molecule has 1 atom stereocenters. The molecule has 0 aliphatic rings. The predicted octanol–water partition coefficient (Wildman–Crippen LogP) is 4.44. The van der Waals surface area contributed by atoms with Crippen molar-refractivity contribution in [1.82, 2.24) is 5.32 Å². The smallest absolute Gasteiger partial charge is 0.166 e. The van der Waals surface area contributed by atoms with Crippen molar-refractivity contribution in [2.24, 2.45) is 0 Å². The molecule has 0 radical (unpaired) electrons. The maximum absolute atomic E-state index is 9.33. The molecule has 0 aliphatic carbocycles. The SMILES string of the molecule is CC[C@@H](CO)NCc1cccc(OC)c1OCc1ccc(Cl)c(Cl)c1. The van der Waals surface area contributed by atoms with E-state index in [0.29, 0.717) is 34.7 Å². The van der Waals surface area contributed by atoms with Crippen molar-refractivity contribution in [2.75, 3.05) is 13.7 Å². The Balaban J connectivity index is 2.15. The van der Waals surface area contributed by atoms with Crippen LogP contribution in [0, 0.1) is 0 Å². The van der Waals surface area contributed by atoms with Gasteiger partial charge >= 0.3 is 0 Å². The first-order valence-corrected chi connectivity index (χ1v) is 8.91. The Bertz CT molecular complexity index is 690. The summed E-state index contributed by atoms with van der Waals surface area (Å²) in [6.45, 7) is 3.05. The van der Waals surface area contributed by atoms with Gasteiger partial charge in [-0.15, -0.1) is 0 Å². The zero-order valence-electron chi connectivity index (χ0n) is 14.4. The first-order valence-electron chi connectivity index (χ1n) is 8.15. The quantitative estimate of drug-likeness (QED) is 0.671. The molecule has 4 nitrogen and oxygen atoms in total. The number of para-hydroxylation sites is 1. The minimum Gasteiger partial charge on any atom is -0.493 e. The molecule has 6 heteroatoms. The van der Waals surface area contributed by atoms with Crippen molar-refractivity contribution in [3.63, 3.8) is 0 Å². The highest BCUT2D eigenvalue weighted by Crippen LogP contribution is 2.32. The van der Waals surface area contributed by atoms with Crippen LogP contribution in [0.25, 0.3) is 0 Å². The van der Waals surface area contributed by atoms with Crippen molar-refractivity contribution in [3.8, 4) is 11.5 Å². The summed E-state index contributed by atoms with van der Waals surface area (Å²) < 4.78 is 11.4. The van der Waals surface area contributed by atoms with E-state index in [1.807, 2.05) is 31.2 Å². The Labute approximate surface area is 158 Å². The zero-order chi connectivity index (χ0) is 18.2. The molecule has 25 heavy (non-hydrogen) atoms. The lowest BCUT2D eigenvalue weighted by Gasteiger charge is -2.18. The summed E-state index contributed by atoms with van der Waals surface area (Å²) in [6.07, 6.45) is 0.847. The minimum absolute atomic E-state index is 0.0501. The van der Waals surface area contributed by atoms with E-state index in [4.69, 9.17) is 32.7 Å². The van der Waals surface area contributed by atoms with Crippen LogP contribution in [0.5, 0.6) is 11.5 Å². The lowest BCUT2D eigenvalue weighted by atomic mass is 10.1. The van der Waals surface area contributed by atoms with Gasteiger partial charge in [0.05, 0.1) is 23.8 Å². The Morgan fingerprint density at radius 2 is 1.96 bits per heavy atom. The molecule has 0 saturated heterocycles. The summed E-state index contributed by atoms with van der Waals surface area (Å²) in [5.74, 6) is 1.34. The van der Waals surface area contributed by atoms with Gasteiger partial charge in [-0.3, -0.25) is 0 Å². The summed E-state index contributed by atoms with van der Waals surface area (Å²) in [4.78, 5) is 0. The molecular weight excluding hydrogens is 361 g/mol. The molecule has 2 rings (SSSR count). The van der Waals surface area contributed by atoms with E-state index in [1.165, 1.54) is 0 Å². The monoisotopic (exact) mass is 383 g/mol. The second-order valence-electron chi connectivity index (χ2n) is 5.65. The number of nitrogens with one attached hydrogen (secondary N) is 1. The van der Waals surface area contributed by atoms with Crippen molar-refractivity contribution >= 4 is 23.2 Å². The van der Waals surface area contributed by atoms with Gasteiger partial charge in [-0.1, -0.05) is 48.3 Å². The van der Waals surface area contributed by atoms with Crippen molar-refractivity contribution in [3.05, 3.63) is 57.6 Å². The molecule has 0 saturated carbocycles. The van der Waals surface area contributed by atoms with E-state index in [1.54, 1.807) is 19.2 Å². The lowest BCUT2D eigenvalue weighted by molar-refractivity contribution is 0.236. The molecule has 0 spiro atoms. The van der Waals surface area contributed by atoms with Crippen LogP contribution in [0.4, 0.5) is 0 Å². The fraction of sp³-hybridized carbons (Fsp3) is 0.368. The number of ether oxygens (including phenoxy) is 2. The van der Waals surface area contributed by atoms with E-state index in [-0.39, 0.29) is 12.6 Å². The number of rotatable bonds is 9. The largest absolute Gasteiger partial charge is 0.493 e. The van der Waals surface area contributed by atoms with Gasteiger partial charge < -0.3 is 19.9 Å². The van der Waals surface area contributed by atoms with E-state index >= 15 is 0 Å². The number of hydrogen-bond acceptors (Lipinski definition) is 4. The lowest BCUT2D eigenvalue weighted by Crippen LogP contribution is -2.31. The third-order valence-electron chi connectivity index (χ3n) is 3.94. The third-order valence-corrected chi connectivity index (χ3v) is 4.68. The molecule has 0 aliphatic heterocycles. The van der Waals surface area contributed by atoms with Crippen molar-refractivity contribution < 1.29 is 14.6 Å². The van der Waals surface area contributed by atoms with Crippen LogP contribution < -0.4 is 14.8 Å². The highest BCUT2D eigenvalue weighted by Gasteiger charge is 2.13. The molecule has 0 unspecified atom stereocenters. The number of halogens is 2. The van der Waals surface area contributed by atoms with Crippen LogP contribution in [-0.2, 0) is 13.2 Å². The topological polar surface area (TPSA) is 50.7 Å². The van der Waals surface area contributed by atoms with Crippen LogP contribution >= 0.6 is 23.2 Å². The molecule has 0 fully saturated rings. The van der Waals surface area contributed by atoms with E-state index in [9.17, 15) is 5.11 Å². The molecule has 2 aromatic carbocycles. The number of hydrogen-bond donors (Lipinski definition) is 2. The Hall–Kier alpha value is -1.46. The number of aliphatic hydroxyl groups is 1. The average Bonchev–Trinajstić information content (AvgIpc) is 2.63. The highest BCUT2D eigenvalue weighted by molar-refractivity contribution is 6.42. The van der Waals surface area contributed by atoms with Gasteiger partial charge in [0.2, 0.25) is 0 Å². The first kappa shape index (κ1) is 19.9. The number of methoxy groups -OCH3 is 1. The van der Waals surface area contributed by atoms with Gasteiger partial charge in [0.15, 0.2) is 11.5 Å². The van der Waals surface area contributed by atoms with Crippen molar-refractivity contribution in [2.45, 2.75) is 32.5 Å². The maximum Gasteiger partial charge on any atom is 0.166 e. The third kappa shape index (κ3) is 5.51. The molecule has 2 N–H and O–H groups in total. The highest BCUT2D eigenvalue weighted by atomic mass is 35.5. The van der Waals surface area contributed by atoms with E-state index in [0.717, 1.165) is 17.5 Å². The van der Waals surface area contributed by atoms with Crippen LogP contribution in [0.1, 0.15) is 24.5 Å². The summed E-state index contributed by atoms with van der Waals surface area (Å²) >= 11 is 12.0. The standard InChI is InChI=1S/C19H23Cl2NO3/c1-3-15(11-23)22-10-14-5-4-6-18(24-2)19(14)25-12-13-7-8-16(20)17(21)9-13/h4-9,15,22-23H,3,10-12H2,1-2H3/t15-/m0/s1. The molecule has 136 valence electrons. The van der Waals surface area contributed by atoms with Gasteiger partial charge in [0.25, 0.3) is 0 Å². The number of aliphatic hydroxyl groups excluding tert-OH is 1. The van der Waals surface area contributed by atoms with Gasteiger partial charge in [-0.25, -0.2) is 0 Å². The summed E-state index contributed by atoms with van der Waals surface area (Å²) in [5, 5.41) is 13.7. The average molecular weight is 384 g/mol. The van der Waals surface area contributed by atoms with Gasteiger partial charge in [0.1, 0.15) is 6.61 Å². The summed E-state index contributed by atoms with van der Waals surface area (Å²) in [6, 6.07) is 11.2.